The lowest BCUT2D eigenvalue weighted by Crippen LogP contribution is -2.15. The summed E-state index contributed by atoms with van der Waals surface area (Å²) in [5.41, 5.74) is 1.18. The van der Waals surface area contributed by atoms with Crippen molar-refractivity contribution in [1.29, 1.82) is 0 Å². The second kappa shape index (κ2) is 2.64. The fourth-order valence-corrected chi connectivity index (χ4v) is 1.50. The van der Waals surface area contributed by atoms with Crippen LogP contribution in [0.2, 0.25) is 0 Å². The largest absolute Gasteiger partial charge is 0.486 e. The highest BCUT2D eigenvalue weighted by atomic mass is 16.6. The molecule has 0 N–H and O–H groups in total. The fourth-order valence-electron chi connectivity index (χ4n) is 1.50. The van der Waals surface area contributed by atoms with Crippen LogP contribution in [0.3, 0.4) is 0 Å². The van der Waals surface area contributed by atoms with Gasteiger partial charge in [0.15, 0.2) is 11.5 Å². The first-order valence-electron chi connectivity index (χ1n) is 4.44. The number of hydrogen-bond acceptors (Lipinski definition) is 3. The van der Waals surface area contributed by atoms with Gasteiger partial charge in [-0.1, -0.05) is 6.07 Å². The first-order valence-corrected chi connectivity index (χ1v) is 4.44. The van der Waals surface area contributed by atoms with Gasteiger partial charge < -0.3 is 14.2 Å². The maximum Gasteiger partial charge on any atom is 0.161 e. The van der Waals surface area contributed by atoms with Crippen LogP contribution in [0.15, 0.2) is 18.2 Å². The molecule has 0 radical (unpaired) electrons. The van der Waals surface area contributed by atoms with E-state index in [9.17, 15) is 0 Å². The van der Waals surface area contributed by atoms with Crippen LogP contribution in [0.4, 0.5) is 0 Å². The lowest BCUT2D eigenvalue weighted by Gasteiger charge is -2.18. The first kappa shape index (κ1) is 7.21. The van der Waals surface area contributed by atoms with Crippen LogP contribution >= 0.6 is 0 Å². The van der Waals surface area contributed by atoms with E-state index in [0.717, 1.165) is 18.1 Å². The normalized spacial score (nSPS) is 24.2. The number of epoxide rings is 1. The molecule has 2 aliphatic heterocycles. The molecular formula is C10H10O3. The molecule has 0 amide bonds. The summed E-state index contributed by atoms with van der Waals surface area (Å²) in [6.07, 6.45) is 0.288. The van der Waals surface area contributed by atoms with E-state index in [1.165, 1.54) is 5.56 Å². The molecule has 1 aromatic rings. The summed E-state index contributed by atoms with van der Waals surface area (Å²) in [6.45, 7) is 2.12. The Morgan fingerprint density at radius 3 is 2.62 bits per heavy atom. The Labute approximate surface area is 76.2 Å². The molecule has 0 unspecified atom stereocenters. The van der Waals surface area contributed by atoms with Crippen molar-refractivity contribution in [2.75, 3.05) is 19.8 Å². The van der Waals surface area contributed by atoms with Crippen LogP contribution in [-0.4, -0.2) is 19.8 Å². The molecule has 1 aromatic carbocycles. The molecule has 3 rings (SSSR count). The van der Waals surface area contributed by atoms with E-state index in [-0.39, 0.29) is 6.10 Å². The van der Waals surface area contributed by atoms with Crippen LogP contribution in [0.5, 0.6) is 11.5 Å². The molecule has 68 valence electrons. The van der Waals surface area contributed by atoms with Crippen molar-refractivity contribution < 1.29 is 14.2 Å². The molecule has 3 nitrogen and oxygen atoms in total. The van der Waals surface area contributed by atoms with Crippen molar-refractivity contribution in [2.24, 2.45) is 0 Å². The van der Waals surface area contributed by atoms with E-state index >= 15 is 0 Å². The zero-order chi connectivity index (χ0) is 8.67. The van der Waals surface area contributed by atoms with Crippen LogP contribution in [0.25, 0.3) is 0 Å². The minimum atomic E-state index is 0.288. The minimum Gasteiger partial charge on any atom is -0.486 e. The zero-order valence-corrected chi connectivity index (χ0v) is 7.16. The lowest BCUT2D eigenvalue weighted by molar-refractivity contribution is 0.171. The van der Waals surface area contributed by atoms with Gasteiger partial charge in [-0.3, -0.25) is 0 Å². The van der Waals surface area contributed by atoms with Gasteiger partial charge in [0.25, 0.3) is 0 Å². The SMILES string of the molecule is c1cc2c(cc1[C@H]1CO1)OCCO2. The van der Waals surface area contributed by atoms with Gasteiger partial charge >= 0.3 is 0 Å². The Bertz CT molecular complexity index is 331. The molecule has 2 heterocycles. The van der Waals surface area contributed by atoms with E-state index in [0.29, 0.717) is 13.2 Å². The van der Waals surface area contributed by atoms with E-state index in [4.69, 9.17) is 14.2 Å². The monoisotopic (exact) mass is 178 g/mol. The maximum absolute atomic E-state index is 5.46. The fraction of sp³-hybridized carbons (Fsp3) is 0.400. The molecular weight excluding hydrogens is 168 g/mol. The van der Waals surface area contributed by atoms with Crippen molar-refractivity contribution in [2.45, 2.75) is 6.10 Å². The Morgan fingerprint density at radius 1 is 1.08 bits per heavy atom. The summed E-state index contributed by atoms with van der Waals surface area (Å²) >= 11 is 0. The molecule has 1 saturated heterocycles. The van der Waals surface area contributed by atoms with E-state index < -0.39 is 0 Å². The van der Waals surface area contributed by atoms with Crippen LogP contribution in [0.1, 0.15) is 11.7 Å². The van der Waals surface area contributed by atoms with Crippen LogP contribution < -0.4 is 9.47 Å². The average Bonchev–Trinajstić information content (AvgIpc) is 3.00. The number of rotatable bonds is 1. The predicted molar refractivity (Wildman–Crippen MR) is 46.1 cm³/mol. The third kappa shape index (κ3) is 1.25. The van der Waals surface area contributed by atoms with E-state index in [1.54, 1.807) is 0 Å². The second-order valence-corrected chi connectivity index (χ2v) is 3.23. The van der Waals surface area contributed by atoms with Crippen molar-refractivity contribution >= 4 is 0 Å². The molecule has 13 heavy (non-hydrogen) atoms. The third-order valence-corrected chi connectivity index (χ3v) is 2.27. The molecule has 0 bridgehead atoms. The number of benzene rings is 1. The number of ether oxygens (including phenoxy) is 3. The molecule has 0 saturated carbocycles. The van der Waals surface area contributed by atoms with Crippen LogP contribution in [0, 0.1) is 0 Å². The van der Waals surface area contributed by atoms with Crippen molar-refractivity contribution in [3.05, 3.63) is 23.8 Å². The second-order valence-electron chi connectivity index (χ2n) is 3.23. The minimum absolute atomic E-state index is 0.288. The summed E-state index contributed by atoms with van der Waals surface area (Å²) in [7, 11) is 0. The quantitative estimate of drug-likeness (QED) is 0.611. The van der Waals surface area contributed by atoms with Gasteiger partial charge in [0.05, 0.1) is 6.61 Å². The van der Waals surface area contributed by atoms with E-state index in [1.807, 2.05) is 18.2 Å². The zero-order valence-electron chi connectivity index (χ0n) is 7.16. The average molecular weight is 178 g/mol. The Hall–Kier alpha value is -1.22. The Balaban J connectivity index is 1.98. The molecule has 0 spiro atoms. The summed E-state index contributed by atoms with van der Waals surface area (Å²) < 4.78 is 16.1. The van der Waals surface area contributed by atoms with Gasteiger partial charge in [-0.2, -0.15) is 0 Å². The molecule has 3 heteroatoms. The molecule has 0 aromatic heterocycles. The van der Waals surface area contributed by atoms with Gasteiger partial charge in [-0.15, -0.1) is 0 Å². The topological polar surface area (TPSA) is 31.0 Å². The summed E-state index contributed by atoms with van der Waals surface area (Å²) in [5.74, 6) is 1.69. The van der Waals surface area contributed by atoms with E-state index in [2.05, 4.69) is 0 Å². The Morgan fingerprint density at radius 2 is 1.85 bits per heavy atom. The highest BCUT2D eigenvalue weighted by Gasteiger charge is 2.26. The summed E-state index contributed by atoms with van der Waals surface area (Å²) in [6, 6.07) is 5.99. The summed E-state index contributed by atoms with van der Waals surface area (Å²) in [4.78, 5) is 0. The molecule has 2 aliphatic rings. The van der Waals surface area contributed by atoms with Gasteiger partial charge in [0, 0.05) is 0 Å². The highest BCUT2D eigenvalue weighted by molar-refractivity contribution is 5.44. The lowest BCUT2D eigenvalue weighted by atomic mass is 10.1. The summed E-state index contributed by atoms with van der Waals surface area (Å²) in [5, 5.41) is 0. The van der Waals surface area contributed by atoms with Gasteiger partial charge in [-0.05, 0) is 17.7 Å². The molecule has 1 fully saturated rings. The van der Waals surface area contributed by atoms with Gasteiger partial charge in [0.2, 0.25) is 0 Å². The van der Waals surface area contributed by atoms with Crippen LogP contribution in [-0.2, 0) is 4.74 Å². The Kier molecular flexibility index (Phi) is 1.46. The maximum atomic E-state index is 5.46. The van der Waals surface area contributed by atoms with Crippen molar-refractivity contribution in [1.82, 2.24) is 0 Å². The highest BCUT2D eigenvalue weighted by Crippen LogP contribution is 2.37. The standard InChI is InChI=1S/C10H10O3/c1-2-8-9(12-4-3-11-8)5-7(1)10-6-13-10/h1-2,5,10H,3-4,6H2/t10-/m1/s1. The molecule has 0 aliphatic carbocycles. The number of fused-ring (bicyclic) bond motifs is 1. The smallest absolute Gasteiger partial charge is 0.161 e. The van der Waals surface area contributed by atoms with Crippen molar-refractivity contribution in [3.63, 3.8) is 0 Å². The third-order valence-electron chi connectivity index (χ3n) is 2.27. The molecule has 1 atom stereocenters. The first-order chi connectivity index (χ1) is 6.43. The number of hydrogen-bond donors (Lipinski definition) is 0. The van der Waals surface area contributed by atoms with Gasteiger partial charge in [-0.25, -0.2) is 0 Å². The van der Waals surface area contributed by atoms with Gasteiger partial charge in [0.1, 0.15) is 19.3 Å². The predicted octanol–water partition coefficient (Wildman–Crippen LogP) is 1.53. The van der Waals surface area contributed by atoms with Crippen molar-refractivity contribution in [3.8, 4) is 11.5 Å².